The molecule has 0 saturated carbocycles. The Hall–Kier alpha value is -3.41. The van der Waals surface area contributed by atoms with Crippen molar-refractivity contribution in [1.29, 1.82) is 0 Å². The zero-order chi connectivity index (χ0) is 21.5. The van der Waals surface area contributed by atoms with Crippen molar-refractivity contribution in [3.05, 3.63) is 114 Å². The standard InChI is InChI=1S/C27H27N5/c1-28-18-24(20-8-3-2-4-9-20)32-19-31(21-14-16-29-17-15-21)26-13-7-12-25-27(26,32)22-10-5-6-11-23(22)30-25/h2-17,24,26,28,30H,18-19H2,1H3. The molecule has 3 aromatic rings. The molecule has 5 nitrogen and oxygen atoms in total. The number of hydrogen-bond acceptors (Lipinski definition) is 5. The van der Waals surface area contributed by atoms with Gasteiger partial charge in [0.15, 0.2) is 0 Å². The second kappa shape index (κ2) is 7.62. The first-order chi connectivity index (χ1) is 15.8. The molecule has 2 aromatic carbocycles. The third kappa shape index (κ3) is 2.68. The zero-order valence-corrected chi connectivity index (χ0v) is 18.1. The molecule has 1 spiro atoms. The number of allylic oxidation sites excluding steroid dienone is 2. The average molecular weight is 422 g/mol. The molecule has 0 bridgehead atoms. The summed E-state index contributed by atoms with van der Waals surface area (Å²) in [6.45, 7) is 1.68. The van der Waals surface area contributed by atoms with E-state index < -0.39 is 0 Å². The quantitative estimate of drug-likeness (QED) is 0.644. The number of pyridine rings is 1. The number of nitrogens with zero attached hydrogens (tertiary/aromatic N) is 3. The average Bonchev–Trinajstić information content (AvgIpc) is 3.38. The van der Waals surface area contributed by atoms with E-state index in [1.54, 1.807) is 0 Å². The van der Waals surface area contributed by atoms with E-state index in [9.17, 15) is 0 Å². The molecule has 0 radical (unpaired) electrons. The maximum atomic E-state index is 4.26. The van der Waals surface area contributed by atoms with Crippen LogP contribution in [0.15, 0.2) is 103 Å². The lowest BCUT2D eigenvalue weighted by atomic mass is 9.77. The lowest BCUT2D eigenvalue weighted by Gasteiger charge is -2.44. The highest BCUT2D eigenvalue weighted by molar-refractivity contribution is 5.73. The largest absolute Gasteiger partial charge is 0.357 e. The molecule has 2 N–H and O–H groups in total. The van der Waals surface area contributed by atoms with Gasteiger partial charge in [-0.25, -0.2) is 0 Å². The third-order valence-electron chi connectivity index (χ3n) is 7.05. The summed E-state index contributed by atoms with van der Waals surface area (Å²) in [5.41, 5.74) is 6.02. The summed E-state index contributed by atoms with van der Waals surface area (Å²) in [7, 11) is 2.04. The van der Waals surface area contributed by atoms with E-state index in [2.05, 4.69) is 110 Å². The van der Waals surface area contributed by atoms with Crippen LogP contribution in [0.4, 0.5) is 11.4 Å². The molecular weight excluding hydrogens is 394 g/mol. The van der Waals surface area contributed by atoms with E-state index in [4.69, 9.17) is 0 Å². The fourth-order valence-corrected chi connectivity index (χ4v) is 5.76. The topological polar surface area (TPSA) is 43.4 Å². The summed E-state index contributed by atoms with van der Waals surface area (Å²) in [4.78, 5) is 9.45. The van der Waals surface area contributed by atoms with Crippen LogP contribution in [-0.4, -0.2) is 36.2 Å². The van der Waals surface area contributed by atoms with Gasteiger partial charge >= 0.3 is 0 Å². The lowest BCUT2D eigenvalue weighted by Crippen LogP contribution is -2.52. The first kappa shape index (κ1) is 19.3. The second-order valence-electron chi connectivity index (χ2n) is 8.62. The van der Waals surface area contributed by atoms with Crippen LogP contribution in [-0.2, 0) is 5.54 Å². The normalized spacial score (nSPS) is 24.3. The third-order valence-corrected chi connectivity index (χ3v) is 7.05. The Balaban J connectivity index is 1.58. The number of nitrogens with one attached hydrogen (secondary N) is 2. The molecule has 1 fully saturated rings. The van der Waals surface area contributed by atoms with E-state index in [0.717, 1.165) is 13.2 Å². The van der Waals surface area contributed by atoms with E-state index in [1.807, 2.05) is 19.4 Å². The Morgan fingerprint density at radius 1 is 1.06 bits per heavy atom. The Labute approximate surface area is 189 Å². The Morgan fingerprint density at radius 2 is 1.84 bits per heavy atom. The molecule has 6 rings (SSSR count). The van der Waals surface area contributed by atoms with Crippen molar-refractivity contribution in [3.8, 4) is 0 Å². The molecule has 32 heavy (non-hydrogen) atoms. The maximum absolute atomic E-state index is 4.26. The summed E-state index contributed by atoms with van der Waals surface area (Å²) in [5.74, 6) is 0. The number of para-hydroxylation sites is 1. The molecule has 0 amide bonds. The minimum Gasteiger partial charge on any atom is -0.357 e. The predicted octanol–water partition coefficient (Wildman–Crippen LogP) is 4.27. The number of aromatic nitrogens is 1. The number of hydrogen-bond donors (Lipinski definition) is 2. The Kier molecular flexibility index (Phi) is 4.59. The van der Waals surface area contributed by atoms with Crippen molar-refractivity contribution < 1.29 is 0 Å². The van der Waals surface area contributed by atoms with Crippen LogP contribution >= 0.6 is 0 Å². The van der Waals surface area contributed by atoms with Crippen molar-refractivity contribution in [1.82, 2.24) is 15.2 Å². The van der Waals surface area contributed by atoms with Gasteiger partial charge in [0.2, 0.25) is 0 Å². The first-order valence-electron chi connectivity index (χ1n) is 11.2. The Bertz CT molecular complexity index is 1170. The molecule has 3 atom stereocenters. The van der Waals surface area contributed by atoms with Gasteiger partial charge in [-0.1, -0.05) is 60.7 Å². The molecule has 1 aromatic heterocycles. The van der Waals surface area contributed by atoms with Crippen molar-refractivity contribution in [2.75, 3.05) is 30.5 Å². The van der Waals surface area contributed by atoms with Crippen molar-refractivity contribution >= 4 is 11.4 Å². The summed E-state index contributed by atoms with van der Waals surface area (Å²) in [5, 5.41) is 7.22. The highest BCUT2D eigenvalue weighted by Gasteiger charge is 2.61. The van der Waals surface area contributed by atoms with Gasteiger partial charge in [0.05, 0.1) is 18.8 Å². The summed E-state index contributed by atoms with van der Waals surface area (Å²) < 4.78 is 0. The highest BCUT2D eigenvalue weighted by atomic mass is 15.5. The Morgan fingerprint density at radius 3 is 2.66 bits per heavy atom. The van der Waals surface area contributed by atoms with Crippen LogP contribution in [0.1, 0.15) is 17.2 Å². The van der Waals surface area contributed by atoms with Crippen LogP contribution in [0.5, 0.6) is 0 Å². The maximum Gasteiger partial charge on any atom is 0.115 e. The van der Waals surface area contributed by atoms with E-state index in [1.165, 1.54) is 28.2 Å². The fraction of sp³-hybridized carbons (Fsp3) is 0.222. The molecule has 5 heteroatoms. The fourth-order valence-electron chi connectivity index (χ4n) is 5.76. The van der Waals surface area contributed by atoms with Gasteiger partial charge in [-0.05, 0) is 36.9 Å². The number of rotatable bonds is 5. The first-order valence-corrected chi connectivity index (χ1v) is 11.2. The van der Waals surface area contributed by atoms with E-state index in [-0.39, 0.29) is 17.6 Å². The molecule has 160 valence electrons. The van der Waals surface area contributed by atoms with Gasteiger partial charge in [0.25, 0.3) is 0 Å². The number of likely N-dealkylation sites (N-methyl/N-ethyl adjacent to an activating group) is 1. The molecule has 1 saturated heterocycles. The van der Waals surface area contributed by atoms with Gasteiger partial charge in [0, 0.05) is 41.6 Å². The SMILES string of the molecule is CNCC(c1ccccc1)N1CN(c2ccncc2)C2C=CC=C3Nc4ccccc4C321. The van der Waals surface area contributed by atoms with E-state index >= 15 is 0 Å². The van der Waals surface area contributed by atoms with Crippen LogP contribution in [0.25, 0.3) is 0 Å². The number of anilines is 2. The monoisotopic (exact) mass is 421 g/mol. The molecule has 3 unspecified atom stereocenters. The van der Waals surface area contributed by atoms with Gasteiger partial charge in [0.1, 0.15) is 5.54 Å². The number of benzene rings is 2. The minimum atomic E-state index is -0.286. The molecule has 1 aliphatic carbocycles. The zero-order valence-electron chi connectivity index (χ0n) is 18.1. The van der Waals surface area contributed by atoms with E-state index in [0.29, 0.717) is 0 Å². The highest BCUT2D eigenvalue weighted by Crippen LogP contribution is 2.57. The van der Waals surface area contributed by atoms with Gasteiger partial charge in [-0.15, -0.1) is 0 Å². The summed E-state index contributed by atoms with van der Waals surface area (Å²) >= 11 is 0. The predicted molar refractivity (Wildman–Crippen MR) is 129 cm³/mol. The van der Waals surface area contributed by atoms with Crippen molar-refractivity contribution in [2.24, 2.45) is 0 Å². The summed E-state index contributed by atoms with van der Waals surface area (Å²) in [6, 6.07) is 24.3. The van der Waals surface area contributed by atoms with Gasteiger partial charge < -0.3 is 15.5 Å². The van der Waals surface area contributed by atoms with Crippen molar-refractivity contribution in [2.45, 2.75) is 17.6 Å². The smallest absolute Gasteiger partial charge is 0.115 e. The lowest BCUT2D eigenvalue weighted by molar-refractivity contribution is 0.114. The van der Waals surface area contributed by atoms with Crippen LogP contribution in [0.2, 0.25) is 0 Å². The minimum absolute atomic E-state index is 0.170. The van der Waals surface area contributed by atoms with Crippen molar-refractivity contribution in [3.63, 3.8) is 0 Å². The second-order valence-corrected chi connectivity index (χ2v) is 8.62. The van der Waals surface area contributed by atoms with Crippen LogP contribution in [0.3, 0.4) is 0 Å². The molecule has 2 aliphatic heterocycles. The molecular formula is C27H27N5. The van der Waals surface area contributed by atoms with Crippen LogP contribution < -0.4 is 15.5 Å². The summed E-state index contributed by atoms with van der Waals surface area (Å²) in [6.07, 6.45) is 10.6. The molecule has 3 aliphatic rings. The number of fused-ring (bicyclic) bond motifs is 1. The van der Waals surface area contributed by atoms with Gasteiger partial charge in [-0.2, -0.15) is 0 Å². The van der Waals surface area contributed by atoms with Gasteiger partial charge in [-0.3, -0.25) is 9.88 Å². The molecule has 3 heterocycles. The van der Waals surface area contributed by atoms with Crippen LogP contribution in [0, 0.1) is 0 Å².